The summed E-state index contributed by atoms with van der Waals surface area (Å²) in [4.78, 5) is 63.3. The zero-order chi connectivity index (χ0) is 33.3. The van der Waals surface area contributed by atoms with Crippen molar-refractivity contribution in [3.63, 3.8) is 0 Å². The fourth-order valence-electron chi connectivity index (χ4n) is 11.2. The summed E-state index contributed by atoms with van der Waals surface area (Å²) < 4.78 is 17.0. The molecule has 5 aliphatic rings. The van der Waals surface area contributed by atoms with Crippen LogP contribution in [0, 0.1) is 57.2 Å². The molecule has 0 aromatic rings. The largest absolute Gasteiger partial charge is 0.464 e. The lowest BCUT2D eigenvalue weighted by atomic mass is 9.43. The summed E-state index contributed by atoms with van der Waals surface area (Å²) in [6.45, 7) is 16.8. The second-order valence-corrected chi connectivity index (χ2v) is 15.4. The van der Waals surface area contributed by atoms with E-state index in [0.717, 1.165) is 32.1 Å². The number of rotatable bonds is 10. The van der Waals surface area contributed by atoms with E-state index < -0.39 is 41.8 Å². The van der Waals surface area contributed by atoms with Crippen LogP contribution in [-0.2, 0) is 38.2 Å². The molecule has 0 aromatic carbocycles. The molecule has 5 aliphatic carbocycles. The summed E-state index contributed by atoms with van der Waals surface area (Å²) in [7, 11) is 0. The summed E-state index contributed by atoms with van der Waals surface area (Å²) in [6.07, 6.45) is 8.12. The highest BCUT2D eigenvalue weighted by atomic mass is 16.6. The van der Waals surface area contributed by atoms with Crippen LogP contribution in [0.3, 0.4) is 0 Å². The third-order valence-corrected chi connectivity index (χ3v) is 13.5. The van der Waals surface area contributed by atoms with E-state index >= 15 is 0 Å². The van der Waals surface area contributed by atoms with Crippen LogP contribution in [0.2, 0.25) is 0 Å². The van der Waals surface area contributed by atoms with E-state index in [1.54, 1.807) is 6.92 Å². The number of ether oxygens (including phenoxy) is 3. The van der Waals surface area contributed by atoms with E-state index in [9.17, 15) is 24.0 Å². The van der Waals surface area contributed by atoms with Crippen molar-refractivity contribution in [3.8, 4) is 0 Å². The number of Topliss-reactive ketones (excluding diaryl/α,β-unsaturated/α-hetero) is 1. The number of nitrogens with two attached hydrogens (primary N) is 1. The molecule has 0 amide bonds. The Kier molecular flexibility index (Phi) is 8.55. The summed E-state index contributed by atoms with van der Waals surface area (Å²) in [5, 5.41) is 0. The molecule has 9 nitrogen and oxygen atoms in total. The molecule has 248 valence electrons. The van der Waals surface area contributed by atoms with E-state index in [-0.39, 0.29) is 64.0 Å². The van der Waals surface area contributed by atoms with Crippen molar-refractivity contribution in [2.45, 2.75) is 99.2 Å². The number of hydrogen-bond donors (Lipinski definition) is 1. The van der Waals surface area contributed by atoms with Gasteiger partial charge in [0.25, 0.3) is 0 Å². The number of esters is 3. The highest BCUT2D eigenvalue weighted by molar-refractivity contribution is 6.00. The van der Waals surface area contributed by atoms with Gasteiger partial charge in [0.1, 0.15) is 6.10 Å². The normalized spacial score (nSPS) is 41.2. The third-order valence-electron chi connectivity index (χ3n) is 13.5. The van der Waals surface area contributed by atoms with Gasteiger partial charge >= 0.3 is 17.9 Å². The zero-order valence-electron chi connectivity index (χ0n) is 28.0. The van der Waals surface area contributed by atoms with Gasteiger partial charge in [-0.2, -0.15) is 0 Å². The monoisotopic (exact) mass is 625 g/mol. The second kappa shape index (κ2) is 11.5. The lowest BCUT2D eigenvalue weighted by molar-refractivity contribution is -0.166. The van der Waals surface area contributed by atoms with Crippen LogP contribution in [0.15, 0.2) is 24.3 Å². The Morgan fingerprint density at radius 1 is 1.07 bits per heavy atom. The van der Waals surface area contributed by atoms with E-state index in [0.29, 0.717) is 18.3 Å². The van der Waals surface area contributed by atoms with Crippen molar-refractivity contribution in [2.75, 3.05) is 13.2 Å². The van der Waals surface area contributed by atoms with Crippen LogP contribution >= 0.6 is 0 Å². The fourth-order valence-corrected chi connectivity index (χ4v) is 11.2. The Morgan fingerprint density at radius 3 is 2.38 bits per heavy atom. The SMILES string of the molecule is C=C(C(=O)[C@H](OC(C)=O)[C@@H](C)[C@H]1[C@@H](OC(C)=O)C[C@@]2(C)C3CCC4[C@H](C)C(=O)C=C[C@@]45C[C@@]35CC[C@]12C)[C@@H](C)COC(=O)CN. The quantitative estimate of drug-likeness (QED) is 0.207. The minimum absolute atomic E-state index is 0.0337. The van der Waals surface area contributed by atoms with Gasteiger partial charge in [-0.1, -0.05) is 47.3 Å². The number of carbonyl (C=O) groups is 5. The summed E-state index contributed by atoms with van der Waals surface area (Å²) >= 11 is 0. The second-order valence-electron chi connectivity index (χ2n) is 15.4. The molecular formula is C36H51NO8. The lowest BCUT2D eigenvalue weighted by Crippen LogP contribution is -2.56. The minimum atomic E-state index is -1.14. The Morgan fingerprint density at radius 2 is 1.76 bits per heavy atom. The third kappa shape index (κ3) is 4.94. The van der Waals surface area contributed by atoms with Gasteiger partial charge in [0.05, 0.1) is 13.2 Å². The van der Waals surface area contributed by atoms with E-state index in [1.807, 2.05) is 13.0 Å². The lowest BCUT2D eigenvalue weighted by Gasteiger charge is -2.61. The highest BCUT2D eigenvalue weighted by Crippen LogP contribution is 2.87. The molecule has 4 saturated carbocycles. The molecule has 9 heteroatoms. The number of allylic oxidation sites excluding steroid dienone is 2. The Labute approximate surface area is 267 Å². The summed E-state index contributed by atoms with van der Waals surface area (Å²) in [5.41, 5.74) is 5.19. The van der Waals surface area contributed by atoms with Crippen molar-refractivity contribution in [1.29, 1.82) is 0 Å². The predicted octanol–water partition coefficient (Wildman–Crippen LogP) is 4.75. The van der Waals surface area contributed by atoms with Crippen molar-refractivity contribution >= 4 is 29.5 Å². The van der Waals surface area contributed by atoms with Crippen LogP contribution in [0.4, 0.5) is 0 Å². The van der Waals surface area contributed by atoms with Gasteiger partial charge in [0.15, 0.2) is 17.7 Å². The van der Waals surface area contributed by atoms with Crippen LogP contribution < -0.4 is 5.73 Å². The minimum Gasteiger partial charge on any atom is -0.464 e. The van der Waals surface area contributed by atoms with Crippen molar-refractivity contribution in [1.82, 2.24) is 0 Å². The maximum absolute atomic E-state index is 14.0. The van der Waals surface area contributed by atoms with Crippen LogP contribution in [0.25, 0.3) is 0 Å². The van der Waals surface area contributed by atoms with Gasteiger partial charge in [-0.15, -0.1) is 0 Å². The highest BCUT2D eigenvalue weighted by Gasteiger charge is 2.81. The first-order chi connectivity index (χ1) is 21.0. The van der Waals surface area contributed by atoms with Crippen molar-refractivity contribution < 1.29 is 38.2 Å². The first kappa shape index (κ1) is 33.6. The molecule has 0 radical (unpaired) electrons. The van der Waals surface area contributed by atoms with Gasteiger partial charge < -0.3 is 19.9 Å². The van der Waals surface area contributed by atoms with Crippen molar-refractivity contribution in [2.24, 2.45) is 62.9 Å². The Balaban J connectivity index is 1.48. The predicted molar refractivity (Wildman–Crippen MR) is 166 cm³/mol. The molecule has 2 N–H and O–H groups in total. The van der Waals surface area contributed by atoms with Gasteiger partial charge in [-0.05, 0) is 83.7 Å². The molecule has 2 unspecified atom stereocenters. The van der Waals surface area contributed by atoms with Gasteiger partial charge in [0, 0.05) is 37.5 Å². The maximum atomic E-state index is 14.0. The molecule has 5 rings (SSSR count). The van der Waals surface area contributed by atoms with E-state index in [1.165, 1.54) is 13.8 Å². The van der Waals surface area contributed by atoms with Gasteiger partial charge in [-0.3, -0.25) is 24.0 Å². The molecule has 0 heterocycles. The van der Waals surface area contributed by atoms with Crippen LogP contribution in [-0.4, -0.2) is 54.8 Å². The fraction of sp³-hybridized carbons (Fsp3) is 0.750. The molecule has 0 aromatic heterocycles. The van der Waals surface area contributed by atoms with Gasteiger partial charge in [0.2, 0.25) is 0 Å². The number of ketones is 2. The molecule has 12 atom stereocenters. The molecular weight excluding hydrogens is 574 g/mol. The van der Waals surface area contributed by atoms with E-state index in [2.05, 4.69) is 33.4 Å². The number of hydrogen-bond acceptors (Lipinski definition) is 9. The topological polar surface area (TPSA) is 139 Å². The smallest absolute Gasteiger partial charge is 0.319 e. The molecule has 4 fully saturated rings. The zero-order valence-corrected chi connectivity index (χ0v) is 28.0. The number of fused-ring (bicyclic) bond motifs is 2. The molecule has 45 heavy (non-hydrogen) atoms. The Bertz CT molecular complexity index is 1340. The van der Waals surface area contributed by atoms with Crippen LogP contribution in [0.1, 0.15) is 87.0 Å². The number of carbonyl (C=O) groups excluding carboxylic acids is 5. The molecule has 0 aliphatic heterocycles. The van der Waals surface area contributed by atoms with Gasteiger partial charge in [-0.25, -0.2) is 0 Å². The Hall–Kier alpha value is -2.81. The average molecular weight is 626 g/mol. The summed E-state index contributed by atoms with van der Waals surface area (Å²) in [5.74, 6) is -2.22. The molecule has 2 spiro atoms. The molecule has 0 bridgehead atoms. The summed E-state index contributed by atoms with van der Waals surface area (Å²) in [6, 6.07) is 0. The standard InChI is InChI=1S/C36H51NO8/c1-19(17-43-29(41)16-37)20(2)31(42)32(45-24(6)39)22(4)30-27(44-23(5)38)15-34(8)28-10-9-25-21(3)26(40)11-12-35(25)18-36(28,35)14-13-33(30,34)7/h11-12,19,21-22,25,27-28,30,32H,2,9-10,13-18,37H2,1,3-8H3/t19-,21-,22-,25?,27-,28?,30-,32+,33+,34-,35+,36-/m0/s1. The van der Waals surface area contributed by atoms with E-state index in [4.69, 9.17) is 19.9 Å². The van der Waals surface area contributed by atoms with Crippen molar-refractivity contribution in [3.05, 3.63) is 24.3 Å². The first-order valence-electron chi connectivity index (χ1n) is 16.7. The van der Waals surface area contributed by atoms with Crippen LogP contribution in [0.5, 0.6) is 0 Å². The average Bonchev–Trinajstić information content (AvgIpc) is 3.59. The first-order valence-corrected chi connectivity index (χ1v) is 16.7. The molecule has 0 saturated heterocycles. The maximum Gasteiger partial charge on any atom is 0.319 e.